The van der Waals surface area contributed by atoms with E-state index in [-0.39, 0.29) is 34.6 Å². The van der Waals surface area contributed by atoms with E-state index in [2.05, 4.69) is 26.5 Å². The molecule has 1 fully saturated rings. The topological polar surface area (TPSA) is 77.5 Å². The van der Waals surface area contributed by atoms with Crippen LogP contribution in [0.15, 0.2) is 47.5 Å². The zero-order chi connectivity index (χ0) is 21.7. The van der Waals surface area contributed by atoms with E-state index in [0.29, 0.717) is 18.9 Å². The van der Waals surface area contributed by atoms with Crippen LogP contribution in [0.4, 0.5) is 8.78 Å². The number of nitrogens with zero attached hydrogens (tertiary/aromatic N) is 1. The normalized spacial score (nSPS) is 19.2. The van der Waals surface area contributed by atoms with Crippen LogP contribution in [-0.4, -0.2) is 24.6 Å². The number of nitrogens with one attached hydrogen (secondary N) is 4. The SMILES string of the molecule is CC(C)CN/C(=N/C(=O)c1ccc(Cl)c(F)c1)NC1CC(c2ccc(F)cc2)NN1. The van der Waals surface area contributed by atoms with Crippen LogP contribution in [0.1, 0.15) is 42.2 Å². The number of hydrazine groups is 1. The molecule has 1 amide bonds. The maximum absolute atomic E-state index is 13.7. The summed E-state index contributed by atoms with van der Waals surface area (Å²) in [6, 6.07) is 10.1. The fourth-order valence-electron chi connectivity index (χ4n) is 2.95. The van der Waals surface area contributed by atoms with Crippen molar-refractivity contribution in [3.63, 3.8) is 0 Å². The van der Waals surface area contributed by atoms with Crippen molar-refractivity contribution in [1.29, 1.82) is 0 Å². The lowest BCUT2D eigenvalue weighted by Gasteiger charge is -2.18. The number of carbonyl (C=O) groups is 1. The number of rotatable bonds is 5. The van der Waals surface area contributed by atoms with Gasteiger partial charge in [0, 0.05) is 24.6 Å². The fraction of sp³-hybridized carbons (Fsp3) is 0.333. The number of hydrogen-bond donors (Lipinski definition) is 4. The summed E-state index contributed by atoms with van der Waals surface area (Å²) >= 11 is 5.68. The monoisotopic (exact) mass is 435 g/mol. The molecule has 1 aliphatic rings. The lowest BCUT2D eigenvalue weighted by atomic mass is 10.0. The molecule has 2 unspecified atom stereocenters. The first-order valence-electron chi connectivity index (χ1n) is 9.67. The maximum atomic E-state index is 13.7. The number of benzene rings is 2. The summed E-state index contributed by atoms with van der Waals surface area (Å²) in [5.41, 5.74) is 7.29. The van der Waals surface area contributed by atoms with Crippen molar-refractivity contribution in [2.75, 3.05) is 6.54 Å². The Hall–Kier alpha value is -2.55. The van der Waals surface area contributed by atoms with Crippen molar-refractivity contribution in [3.8, 4) is 0 Å². The summed E-state index contributed by atoms with van der Waals surface area (Å²) in [7, 11) is 0. The zero-order valence-electron chi connectivity index (χ0n) is 16.7. The lowest BCUT2D eigenvalue weighted by Crippen LogP contribution is -2.50. The molecule has 0 saturated carbocycles. The van der Waals surface area contributed by atoms with Crippen molar-refractivity contribution in [2.24, 2.45) is 10.9 Å². The van der Waals surface area contributed by atoms with E-state index >= 15 is 0 Å². The molecule has 3 rings (SSSR count). The van der Waals surface area contributed by atoms with Crippen LogP contribution in [0, 0.1) is 17.6 Å². The Balaban J connectivity index is 1.70. The van der Waals surface area contributed by atoms with Gasteiger partial charge in [-0.1, -0.05) is 37.6 Å². The first-order chi connectivity index (χ1) is 14.3. The van der Waals surface area contributed by atoms with Gasteiger partial charge >= 0.3 is 0 Å². The number of amides is 1. The van der Waals surface area contributed by atoms with E-state index in [0.717, 1.165) is 11.6 Å². The van der Waals surface area contributed by atoms with E-state index in [4.69, 9.17) is 11.6 Å². The first kappa shape index (κ1) is 22.1. The first-order valence-corrected chi connectivity index (χ1v) is 10.0. The molecule has 30 heavy (non-hydrogen) atoms. The average molecular weight is 436 g/mol. The smallest absolute Gasteiger partial charge is 0.280 e. The number of aliphatic imine (C=N–C) groups is 1. The van der Waals surface area contributed by atoms with Crippen molar-refractivity contribution in [2.45, 2.75) is 32.5 Å². The van der Waals surface area contributed by atoms with Gasteiger partial charge in [-0.25, -0.2) is 19.6 Å². The largest absolute Gasteiger partial charge is 0.356 e. The Morgan fingerprint density at radius 3 is 2.60 bits per heavy atom. The van der Waals surface area contributed by atoms with Gasteiger partial charge in [0.15, 0.2) is 0 Å². The third-order valence-corrected chi connectivity index (χ3v) is 4.85. The Kier molecular flexibility index (Phi) is 7.36. The second kappa shape index (κ2) is 9.97. The van der Waals surface area contributed by atoms with Crippen LogP contribution >= 0.6 is 11.6 Å². The summed E-state index contributed by atoms with van der Waals surface area (Å²) in [5, 5.41) is 6.22. The molecule has 0 bridgehead atoms. The van der Waals surface area contributed by atoms with Gasteiger partial charge in [0.05, 0.1) is 11.2 Å². The summed E-state index contributed by atoms with van der Waals surface area (Å²) in [6.45, 7) is 4.65. The molecule has 160 valence electrons. The Labute approximate surface area is 179 Å². The second-order valence-electron chi connectivity index (χ2n) is 7.49. The summed E-state index contributed by atoms with van der Waals surface area (Å²) in [5.74, 6) is -0.954. The van der Waals surface area contributed by atoms with Gasteiger partial charge in [-0.2, -0.15) is 4.99 Å². The molecular formula is C21H24ClF2N5O. The number of guanidine groups is 1. The van der Waals surface area contributed by atoms with Gasteiger partial charge in [0.25, 0.3) is 5.91 Å². The van der Waals surface area contributed by atoms with Gasteiger partial charge in [-0.15, -0.1) is 0 Å². The van der Waals surface area contributed by atoms with Crippen LogP contribution in [0.5, 0.6) is 0 Å². The molecular weight excluding hydrogens is 412 g/mol. The molecule has 2 aromatic rings. The minimum Gasteiger partial charge on any atom is -0.356 e. The summed E-state index contributed by atoms with van der Waals surface area (Å²) in [4.78, 5) is 16.6. The minimum absolute atomic E-state index is 0.0319. The highest BCUT2D eigenvalue weighted by Gasteiger charge is 2.26. The molecule has 0 aromatic heterocycles. The third kappa shape index (κ3) is 5.98. The van der Waals surface area contributed by atoms with E-state index in [1.54, 1.807) is 12.1 Å². The van der Waals surface area contributed by atoms with Gasteiger partial charge in [0.1, 0.15) is 11.6 Å². The maximum Gasteiger partial charge on any atom is 0.280 e. The quantitative estimate of drug-likeness (QED) is 0.427. The standard InChI is InChI=1S/C21H24ClF2N5O/c1-12(2)11-25-21(27-20(30)14-5-8-16(22)17(24)9-14)26-19-10-18(28-29-19)13-3-6-15(23)7-4-13/h3-9,12,18-19,28-29H,10-11H2,1-2H3,(H2,25,26,27,30). The van der Waals surface area contributed by atoms with Crippen LogP contribution in [0.3, 0.4) is 0 Å². The van der Waals surface area contributed by atoms with E-state index < -0.39 is 11.7 Å². The molecule has 2 aromatic carbocycles. The van der Waals surface area contributed by atoms with E-state index in [9.17, 15) is 13.6 Å². The van der Waals surface area contributed by atoms with Crippen LogP contribution in [-0.2, 0) is 0 Å². The Morgan fingerprint density at radius 1 is 1.20 bits per heavy atom. The van der Waals surface area contributed by atoms with Gasteiger partial charge < -0.3 is 10.6 Å². The highest BCUT2D eigenvalue weighted by atomic mass is 35.5. The third-order valence-electron chi connectivity index (χ3n) is 4.54. The van der Waals surface area contributed by atoms with Gasteiger partial charge in [0.2, 0.25) is 5.96 Å². The summed E-state index contributed by atoms with van der Waals surface area (Å²) in [6.07, 6.45) is 0.408. The number of halogens is 3. The van der Waals surface area contributed by atoms with Crippen molar-refractivity contribution in [3.05, 3.63) is 70.2 Å². The predicted octanol–water partition coefficient (Wildman–Crippen LogP) is 3.51. The van der Waals surface area contributed by atoms with Gasteiger partial charge in [-0.05, 0) is 41.8 Å². The lowest BCUT2D eigenvalue weighted by molar-refractivity contribution is 0.100. The Morgan fingerprint density at radius 2 is 1.93 bits per heavy atom. The van der Waals surface area contributed by atoms with Crippen LogP contribution < -0.4 is 21.5 Å². The fourth-order valence-corrected chi connectivity index (χ4v) is 3.07. The molecule has 9 heteroatoms. The molecule has 1 saturated heterocycles. The van der Waals surface area contributed by atoms with Crippen LogP contribution in [0.25, 0.3) is 0 Å². The van der Waals surface area contributed by atoms with Crippen LogP contribution in [0.2, 0.25) is 5.02 Å². The molecule has 4 N–H and O–H groups in total. The molecule has 0 radical (unpaired) electrons. The highest BCUT2D eigenvalue weighted by molar-refractivity contribution is 6.30. The number of carbonyl (C=O) groups excluding carboxylic acids is 1. The van der Waals surface area contributed by atoms with E-state index in [1.165, 1.54) is 24.3 Å². The molecule has 6 nitrogen and oxygen atoms in total. The highest BCUT2D eigenvalue weighted by Crippen LogP contribution is 2.21. The molecule has 0 aliphatic carbocycles. The van der Waals surface area contributed by atoms with E-state index in [1.807, 2.05) is 13.8 Å². The minimum atomic E-state index is -0.675. The molecule has 1 heterocycles. The van der Waals surface area contributed by atoms with Crippen molar-refractivity contribution >= 4 is 23.5 Å². The Bertz CT molecular complexity index is 920. The summed E-state index contributed by atoms with van der Waals surface area (Å²) < 4.78 is 26.8. The molecule has 0 spiro atoms. The number of hydrogen-bond acceptors (Lipinski definition) is 3. The molecule has 2 atom stereocenters. The predicted molar refractivity (Wildman–Crippen MR) is 113 cm³/mol. The second-order valence-corrected chi connectivity index (χ2v) is 7.90. The van der Waals surface area contributed by atoms with Crippen molar-refractivity contribution < 1.29 is 13.6 Å². The average Bonchev–Trinajstić information content (AvgIpc) is 3.17. The van der Waals surface area contributed by atoms with Crippen molar-refractivity contribution in [1.82, 2.24) is 21.5 Å². The van der Waals surface area contributed by atoms with Gasteiger partial charge in [-0.3, -0.25) is 4.79 Å². The molecule has 1 aliphatic heterocycles. The zero-order valence-corrected chi connectivity index (χ0v) is 17.4.